The zero-order valence-electron chi connectivity index (χ0n) is 12.2. The Morgan fingerprint density at radius 1 is 1.13 bits per heavy atom. The molecule has 23 heavy (non-hydrogen) atoms. The molecule has 0 aliphatic carbocycles. The fourth-order valence-electron chi connectivity index (χ4n) is 2.17. The Labute approximate surface area is 131 Å². The predicted molar refractivity (Wildman–Crippen MR) is 84.0 cm³/mol. The highest BCUT2D eigenvalue weighted by atomic mass is 19.1. The minimum atomic E-state index is -0.554. The van der Waals surface area contributed by atoms with E-state index in [0.29, 0.717) is 27.9 Å². The minimum absolute atomic E-state index is 0.0590. The van der Waals surface area contributed by atoms with E-state index in [1.165, 1.54) is 25.4 Å². The van der Waals surface area contributed by atoms with Crippen LogP contribution in [-0.4, -0.2) is 18.1 Å². The van der Waals surface area contributed by atoms with Gasteiger partial charge in [0, 0.05) is 23.3 Å². The van der Waals surface area contributed by atoms with Gasteiger partial charge in [0.2, 0.25) is 0 Å². The van der Waals surface area contributed by atoms with Crippen molar-refractivity contribution >= 4 is 22.6 Å². The van der Waals surface area contributed by atoms with E-state index >= 15 is 0 Å². The molecule has 0 radical (unpaired) electrons. The predicted octanol–water partition coefficient (Wildman–Crippen LogP) is 3.54. The number of anilines is 1. The van der Waals surface area contributed by atoms with Crippen LogP contribution < -0.4 is 10.5 Å². The maximum atomic E-state index is 13.9. The number of hydrogen-bond acceptors (Lipinski definition) is 5. The fraction of sp³-hybridized carbons (Fsp3) is 0.0588. The van der Waals surface area contributed by atoms with E-state index < -0.39 is 11.8 Å². The lowest BCUT2D eigenvalue weighted by Gasteiger charge is -2.10. The summed E-state index contributed by atoms with van der Waals surface area (Å²) in [5, 5.41) is 0.649. The molecule has 0 bridgehead atoms. The first-order valence-corrected chi connectivity index (χ1v) is 6.78. The van der Waals surface area contributed by atoms with Gasteiger partial charge >= 0.3 is 5.97 Å². The van der Waals surface area contributed by atoms with Gasteiger partial charge in [-0.2, -0.15) is 0 Å². The summed E-state index contributed by atoms with van der Waals surface area (Å²) in [7, 11) is 1.31. The number of carbonyl (C=O) groups is 1. The maximum absolute atomic E-state index is 13.9. The van der Waals surface area contributed by atoms with Crippen molar-refractivity contribution in [2.45, 2.75) is 0 Å². The Morgan fingerprint density at radius 2 is 1.96 bits per heavy atom. The lowest BCUT2D eigenvalue weighted by atomic mass is 10.1. The Kier molecular flexibility index (Phi) is 3.80. The third kappa shape index (κ3) is 2.91. The number of pyridine rings is 1. The number of aromatic nitrogens is 1. The number of methoxy groups -OCH3 is 1. The Bertz CT molecular complexity index is 896. The van der Waals surface area contributed by atoms with E-state index in [1.54, 1.807) is 30.3 Å². The highest BCUT2D eigenvalue weighted by Gasteiger charge is 2.11. The molecule has 0 aliphatic rings. The number of hydrogen-bond donors (Lipinski definition) is 1. The van der Waals surface area contributed by atoms with Crippen LogP contribution >= 0.6 is 0 Å². The van der Waals surface area contributed by atoms with Gasteiger partial charge in [-0.25, -0.2) is 9.18 Å². The number of ether oxygens (including phenoxy) is 2. The molecule has 1 heterocycles. The number of fused-ring (bicyclic) bond motifs is 1. The summed E-state index contributed by atoms with van der Waals surface area (Å²) in [5.41, 5.74) is 6.76. The van der Waals surface area contributed by atoms with Crippen LogP contribution in [0.4, 0.5) is 10.1 Å². The topological polar surface area (TPSA) is 74.4 Å². The molecule has 0 fully saturated rings. The molecule has 0 amide bonds. The van der Waals surface area contributed by atoms with Crippen molar-refractivity contribution in [3.05, 3.63) is 60.0 Å². The first-order chi connectivity index (χ1) is 11.1. The Hall–Kier alpha value is -3.15. The number of nitrogens with two attached hydrogens (primary N) is 1. The van der Waals surface area contributed by atoms with Crippen molar-refractivity contribution in [1.29, 1.82) is 0 Å². The van der Waals surface area contributed by atoms with Crippen molar-refractivity contribution in [3.8, 4) is 11.5 Å². The zero-order chi connectivity index (χ0) is 16.4. The summed E-state index contributed by atoms with van der Waals surface area (Å²) < 4.78 is 24.2. The number of rotatable bonds is 3. The molecule has 0 aliphatic heterocycles. The first kappa shape index (κ1) is 14.8. The van der Waals surface area contributed by atoms with Gasteiger partial charge < -0.3 is 15.2 Å². The van der Waals surface area contributed by atoms with Crippen molar-refractivity contribution in [1.82, 2.24) is 4.98 Å². The second-order valence-corrected chi connectivity index (χ2v) is 4.82. The average molecular weight is 312 g/mol. The smallest absolute Gasteiger partial charge is 0.337 e. The van der Waals surface area contributed by atoms with Gasteiger partial charge in [0.15, 0.2) is 11.6 Å². The molecule has 0 saturated heterocycles. The second-order valence-electron chi connectivity index (χ2n) is 4.82. The number of carbonyl (C=O) groups excluding carboxylic acids is 1. The van der Waals surface area contributed by atoms with Gasteiger partial charge in [0.1, 0.15) is 5.75 Å². The molecule has 0 saturated carbocycles. The SMILES string of the molecule is COC(=O)c1ccc2c(Oc3ccc(N)cc3F)ccnc2c1. The van der Waals surface area contributed by atoms with Crippen molar-refractivity contribution < 1.29 is 18.7 Å². The molecule has 2 aromatic carbocycles. The van der Waals surface area contributed by atoms with Gasteiger partial charge in [-0.3, -0.25) is 4.98 Å². The second kappa shape index (κ2) is 5.92. The third-order valence-corrected chi connectivity index (χ3v) is 3.30. The van der Waals surface area contributed by atoms with Gasteiger partial charge in [-0.15, -0.1) is 0 Å². The van der Waals surface area contributed by atoms with Crippen LogP contribution in [0.2, 0.25) is 0 Å². The van der Waals surface area contributed by atoms with E-state index in [1.807, 2.05) is 0 Å². The van der Waals surface area contributed by atoms with Crippen LogP contribution in [0.15, 0.2) is 48.7 Å². The number of nitrogens with zero attached hydrogens (tertiary/aromatic N) is 1. The maximum Gasteiger partial charge on any atom is 0.337 e. The molecule has 3 rings (SSSR count). The van der Waals surface area contributed by atoms with Crippen molar-refractivity contribution in [2.75, 3.05) is 12.8 Å². The van der Waals surface area contributed by atoms with Crippen LogP contribution in [-0.2, 0) is 4.74 Å². The van der Waals surface area contributed by atoms with E-state index in [0.717, 1.165) is 0 Å². The van der Waals surface area contributed by atoms with Crippen LogP contribution in [0.25, 0.3) is 10.9 Å². The molecular formula is C17H13FN2O3. The van der Waals surface area contributed by atoms with Crippen LogP contribution in [0.1, 0.15) is 10.4 Å². The van der Waals surface area contributed by atoms with Crippen LogP contribution in [0.3, 0.4) is 0 Å². The van der Waals surface area contributed by atoms with E-state index in [2.05, 4.69) is 9.72 Å². The molecule has 0 unspecified atom stereocenters. The largest absolute Gasteiger partial charge is 0.465 e. The van der Waals surface area contributed by atoms with Gasteiger partial charge in [-0.05, 0) is 36.4 Å². The minimum Gasteiger partial charge on any atom is -0.465 e. The highest BCUT2D eigenvalue weighted by molar-refractivity contribution is 5.95. The molecule has 0 atom stereocenters. The summed E-state index contributed by atoms with van der Waals surface area (Å²) in [4.78, 5) is 15.8. The molecule has 2 N–H and O–H groups in total. The van der Waals surface area contributed by atoms with Gasteiger partial charge in [-0.1, -0.05) is 0 Å². The number of halogens is 1. The van der Waals surface area contributed by atoms with Crippen molar-refractivity contribution in [3.63, 3.8) is 0 Å². The molecule has 6 heteroatoms. The molecule has 3 aromatic rings. The highest BCUT2D eigenvalue weighted by Crippen LogP contribution is 2.31. The molecule has 5 nitrogen and oxygen atoms in total. The van der Waals surface area contributed by atoms with E-state index in [-0.39, 0.29) is 5.75 Å². The first-order valence-electron chi connectivity index (χ1n) is 6.78. The normalized spacial score (nSPS) is 10.5. The zero-order valence-corrected chi connectivity index (χ0v) is 12.2. The fourth-order valence-corrected chi connectivity index (χ4v) is 2.17. The molecule has 1 aromatic heterocycles. The van der Waals surface area contributed by atoms with Crippen LogP contribution in [0, 0.1) is 5.82 Å². The number of esters is 1. The molecule has 0 spiro atoms. The lowest BCUT2D eigenvalue weighted by Crippen LogP contribution is -2.01. The summed E-state index contributed by atoms with van der Waals surface area (Å²) in [6.07, 6.45) is 1.52. The standard InChI is InChI=1S/C17H13FN2O3/c1-22-17(21)10-2-4-12-14(8-10)20-7-6-15(12)23-16-5-3-11(19)9-13(16)18/h2-9H,19H2,1H3. The van der Waals surface area contributed by atoms with E-state index in [4.69, 9.17) is 10.5 Å². The monoisotopic (exact) mass is 312 g/mol. The quantitative estimate of drug-likeness (QED) is 0.591. The van der Waals surface area contributed by atoms with Gasteiger partial charge in [0.25, 0.3) is 0 Å². The Morgan fingerprint density at radius 3 is 2.70 bits per heavy atom. The van der Waals surface area contributed by atoms with E-state index in [9.17, 15) is 9.18 Å². The van der Waals surface area contributed by atoms with Crippen LogP contribution in [0.5, 0.6) is 11.5 Å². The summed E-state index contributed by atoms with van der Waals surface area (Å²) >= 11 is 0. The summed E-state index contributed by atoms with van der Waals surface area (Å²) in [6, 6.07) is 10.7. The number of nitrogen functional groups attached to an aromatic ring is 1. The summed E-state index contributed by atoms with van der Waals surface area (Å²) in [5.74, 6) is -0.524. The lowest BCUT2D eigenvalue weighted by molar-refractivity contribution is 0.0601. The molecular weight excluding hydrogens is 299 g/mol. The molecule has 116 valence electrons. The van der Waals surface area contributed by atoms with Crippen molar-refractivity contribution in [2.24, 2.45) is 0 Å². The third-order valence-electron chi connectivity index (χ3n) is 3.30. The average Bonchev–Trinajstić information content (AvgIpc) is 2.56. The van der Waals surface area contributed by atoms with Gasteiger partial charge in [0.05, 0.1) is 18.2 Å². The summed E-state index contributed by atoms with van der Waals surface area (Å²) in [6.45, 7) is 0. The number of benzene rings is 2. The Balaban J connectivity index is 2.02.